The van der Waals surface area contributed by atoms with Crippen molar-refractivity contribution >= 4 is 47.9 Å². The Kier molecular flexibility index (Phi) is 31.7. The predicted octanol–water partition coefficient (Wildman–Crippen LogP) is 10.9. The molecular formula is C69H107N3O19. The largest absolute Gasteiger partial charge is 0.480 e. The highest BCUT2D eigenvalue weighted by atomic mass is 16.6. The van der Waals surface area contributed by atoms with Crippen molar-refractivity contribution in [2.24, 2.45) is 29.6 Å². The Morgan fingerprint density at radius 2 is 0.868 bits per heavy atom. The number of carboxylic acid groups (broad SMARTS) is 1. The monoisotopic (exact) mass is 1280 g/mol. The van der Waals surface area contributed by atoms with Crippen LogP contribution in [0.5, 0.6) is 0 Å². The second kappa shape index (κ2) is 37.4. The minimum Gasteiger partial charge on any atom is -0.480 e. The third kappa shape index (κ3) is 29.9. The molecule has 4 fully saturated rings. The van der Waals surface area contributed by atoms with Crippen LogP contribution in [0.3, 0.4) is 0 Å². The van der Waals surface area contributed by atoms with Crippen molar-refractivity contribution in [1.29, 1.82) is 0 Å². The molecule has 1 aliphatic heterocycles. The lowest BCUT2D eigenvalue weighted by Crippen LogP contribution is -2.56. The Bertz CT molecular complexity index is 2560. The molecule has 2 aromatic carbocycles. The molecule has 0 bridgehead atoms. The number of hydrogen-bond acceptors (Lipinski definition) is 18. The maximum absolute atomic E-state index is 14.2. The van der Waals surface area contributed by atoms with Crippen molar-refractivity contribution in [1.82, 2.24) is 15.5 Å². The van der Waals surface area contributed by atoms with Crippen LogP contribution in [0, 0.1) is 29.6 Å². The smallest absolute Gasteiger partial charge is 0.408 e. The quantitative estimate of drug-likeness (QED) is 0.0500. The molecule has 2 aromatic rings. The SMILES string of the molecule is CC(C)(C)OC(=O)N[C@H](C(=O)O)C1CCC(C(=O)OC(C)(C)C)CC1.COC(=O)[C@@H]1C[C@@H](OCCCOCc2ccccc2)CN1C(=O)[C@@H](NC(=O)OC(C)(C)C)C1CCC(C(=O)OC(C)(C)C)CC1.COC(=O)[C@H]1CCC(OCCCOCc2ccccc2)C1. The van der Waals surface area contributed by atoms with Gasteiger partial charge < -0.3 is 68.0 Å². The lowest BCUT2D eigenvalue weighted by Gasteiger charge is -2.36. The van der Waals surface area contributed by atoms with E-state index in [1.54, 1.807) is 41.5 Å². The number of carbonyl (C=O) groups is 8. The molecule has 1 heterocycles. The lowest BCUT2D eigenvalue weighted by molar-refractivity contribution is -0.162. The number of nitrogens with one attached hydrogen (secondary N) is 2. The van der Waals surface area contributed by atoms with Gasteiger partial charge in [0, 0.05) is 39.4 Å². The van der Waals surface area contributed by atoms with Gasteiger partial charge in [0.25, 0.3) is 0 Å². The summed E-state index contributed by atoms with van der Waals surface area (Å²) in [5.74, 6) is -3.58. The van der Waals surface area contributed by atoms with E-state index in [1.165, 1.54) is 24.7 Å². The van der Waals surface area contributed by atoms with Gasteiger partial charge in [-0.1, -0.05) is 60.7 Å². The summed E-state index contributed by atoms with van der Waals surface area (Å²) in [6.07, 6.45) is 7.09. The first-order chi connectivity index (χ1) is 42.7. The summed E-state index contributed by atoms with van der Waals surface area (Å²) in [5, 5.41) is 14.7. The number of ether oxygens (including phenoxy) is 10. The second-order valence-electron chi connectivity index (χ2n) is 27.9. The molecule has 1 unspecified atom stereocenters. The summed E-state index contributed by atoms with van der Waals surface area (Å²) in [6, 6.07) is 17.2. The van der Waals surface area contributed by atoms with E-state index >= 15 is 0 Å². The minimum absolute atomic E-state index is 0.0225. The molecule has 4 aliphatic rings. The fourth-order valence-electron chi connectivity index (χ4n) is 11.3. The number of nitrogens with zero attached hydrogens (tertiary/aromatic N) is 1. The molecule has 3 aliphatic carbocycles. The van der Waals surface area contributed by atoms with Gasteiger partial charge in [0.15, 0.2) is 0 Å². The van der Waals surface area contributed by atoms with E-state index in [0.717, 1.165) is 31.2 Å². The van der Waals surface area contributed by atoms with Crippen LogP contribution in [0.2, 0.25) is 0 Å². The van der Waals surface area contributed by atoms with Gasteiger partial charge in [0.05, 0.1) is 57.4 Å². The van der Waals surface area contributed by atoms with Crippen molar-refractivity contribution in [2.75, 3.05) is 47.2 Å². The Morgan fingerprint density at radius 1 is 0.473 bits per heavy atom. The molecule has 22 heteroatoms. The summed E-state index contributed by atoms with van der Waals surface area (Å²) in [4.78, 5) is 101. The molecule has 22 nitrogen and oxygen atoms in total. The topological polar surface area (TPSA) is 276 Å². The van der Waals surface area contributed by atoms with Crippen molar-refractivity contribution in [3.63, 3.8) is 0 Å². The Morgan fingerprint density at radius 3 is 1.27 bits per heavy atom. The minimum atomic E-state index is -1.09. The molecule has 0 radical (unpaired) electrons. The van der Waals surface area contributed by atoms with Gasteiger partial charge in [-0.25, -0.2) is 19.2 Å². The summed E-state index contributed by atoms with van der Waals surface area (Å²) < 4.78 is 54.6. The third-order valence-corrected chi connectivity index (χ3v) is 15.6. The fraction of sp³-hybridized carbons (Fsp3) is 0.710. The van der Waals surface area contributed by atoms with Crippen LogP contribution in [0.15, 0.2) is 60.7 Å². The van der Waals surface area contributed by atoms with Crippen LogP contribution in [-0.4, -0.2) is 158 Å². The van der Waals surface area contributed by atoms with Gasteiger partial charge in [-0.3, -0.25) is 19.2 Å². The number of rotatable bonds is 24. The summed E-state index contributed by atoms with van der Waals surface area (Å²) in [6.45, 7) is 25.0. The molecule has 512 valence electrons. The number of alkyl carbamates (subject to hydrolysis) is 2. The molecule has 6 atom stereocenters. The molecule has 1 saturated heterocycles. The van der Waals surface area contributed by atoms with Crippen LogP contribution in [0.1, 0.15) is 184 Å². The van der Waals surface area contributed by atoms with E-state index in [9.17, 15) is 43.5 Å². The first kappa shape index (κ1) is 77.1. The predicted molar refractivity (Wildman–Crippen MR) is 339 cm³/mol. The van der Waals surface area contributed by atoms with Crippen molar-refractivity contribution in [2.45, 2.75) is 239 Å². The van der Waals surface area contributed by atoms with Crippen molar-refractivity contribution < 1.29 is 90.8 Å². The normalized spacial score (nSPS) is 22.4. The van der Waals surface area contributed by atoms with Crippen LogP contribution in [-0.2, 0) is 89.3 Å². The number of likely N-dealkylation sites (tertiary alicyclic amines) is 1. The highest BCUT2D eigenvalue weighted by Gasteiger charge is 2.46. The summed E-state index contributed by atoms with van der Waals surface area (Å²) in [5.41, 5.74) is -0.292. The first-order valence-corrected chi connectivity index (χ1v) is 32.3. The van der Waals surface area contributed by atoms with Gasteiger partial charge in [-0.05, 0) is 190 Å². The van der Waals surface area contributed by atoms with Gasteiger partial charge in [0.2, 0.25) is 5.91 Å². The van der Waals surface area contributed by atoms with Gasteiger partial charge in [0.1, 0.15) is 40.5 Å². The molecule has 0 spiro atoms. The Hall–Kier alpha value is -6.36. The molecule has 3 amide bonds. The highest BCUT2D eigenvalue weighted by molar-refractivity contribution is 5.91. The number of hydrogen-bond donors (Lipinski definition) is 3. The van der Waals surface area contributed by atoms with E-state index < -0.39 is 70.6 Å². The summed E-state index contributed by atoms with van der Waals surface area (Å²) >= 11 is 0. The number of amides is 3. The molecule has 91 heavy (non-hydrogen) atoms. The van der Waals surface area contributed by atoms with E-state index in [4.69, 9.17) is 47.4 Å². The van der Waals surface area contributed by atoms with Gasteiger partial charge in [-0.15, -0.1) is 0 Å². The molecule has 6 rings (SSSR count). The number of aliphatic carboxylic acids is 1. The van der Waals surface area contributed by atoms with E-state index in [0.29, 0.717) is 97.4 Å². The number of esters is 4. The van der Waals surface area contributed by atoms with Gasteiger partial charge >= 0.3 is 42.0 Å². The number of benzene rings is 2. The lowest BCUT2D eigenvalue weighted by atomic mass is 9.78. The fourth-order valence-corrected chi connectivity index (χ4v) is 11.3. The molecule has 3 saturated carbocycles. The summed E-state index contributed by atoms with van der Waals surface area (Å²) in [7, 11) is 2.73. The molecule has 0 aromatic heterocycles. The van der Waals surface area contributed by atoms with Gasteiger partial charge in [-0.2, -0.15) is 0 Å². The van der Waals surface area contributed by atoms with E-state index in [2.05, 4.69) is 22.8 Å². The van der Waals surface area contributed by atoms with Crippen molar-refractivity contribution in [3.8, 4) is 0 Å². The maximum atomic E-state index is 14.2. The average molecular weight is 1280 g/mol. The number of carboxylic acids is 1. The standard InChI is InChI=1S/C34H52N2O9.C18H31NO6.C17H24O4/c1-33(2,3)44-30(38)25-16-14-24(15-17-25)28(35-32(40)45-34(4,5)6)29(37)36-21-26(20-27(36)31(39)41-7)43-19-11-18-42-22-23-12-9-8-10-13-23;1-17(2,3)24-15(22)12-9-7-11(8-10-12)13(14(20)21)19-16(23)25-18(4,5)6;1-19-17(18)15-8-9-16(12-15)21-11-5-10-20-13-14-6-3-2-4-7-14/h8-10,12-13,24-28H,11,14-22H2,1-7H3,(H,35,40);11-13H,7-10H2,1-6H3,(H,19,23)(H,20,21);2-4,6-7,15-16H,5,8-13H2,1H3/t24?,25?,26-,27+,28+;11?,12?,13-;15-,16?/m100/s1. The molecular weight excluding hydrogens is 1170 g/mol. The second-order valence-corrected chi connectivity index (χ2v) is 27.9. The van der Waals surface area contributed by atoms with Crippen molar-refractivity contribution in [3.05, 3.63) is 71.8 Å². The number of carbonyl (C=O) groups excluding carboxylic acids is 7. The zero-order valence-corrected chi connectivity index (χ0v) is 56.6. The first-order valence-electron chi connectivity index (χ1n) is 32.3. The van der Waals surface area contributed by atoms with Crippen LogP contribution in [0.4, 0.5) is 9.59 Å². The third-order valence-electron chi connectivity index (χ3n) is 15.6. The number of methoxy groups -OCH3 is 2. The van der Waals surface area contributed by atoms with E-state index in [1.807, 2.05) is 90.1 Å². The highest BCUT2D eigenvalue weighted by Crippen LogP contribution is 2.36. The molecule has 3 N–H and O–H groups in total. The van der Waals surface area contributed by atoms with E-state index in [-0.39, 0.29) is 72.7 Å². The Balaban J connectivity index is 0.000000322. The van der Waals surface area contributed by atoms with Crippen LogP contribution in [0.25, 0.3) is 0 Å². The zero-order chi connectivity index (χ0) is 67.5. The average Bonchev–Trinajstić information content (AvgIpc) is 1.87. The Labute approximate surface area is 539 Å². The zero-order valence-electron chi connectivity index (χ0n) is 56.6. The van der Waals surface area contributed by atoms with Crippen LogP contribution < -0.4 is 10.6 Å². The maximum Gasteiger partial charge on any atom is 0.408 e. The van der Waals surface area contributed by atoms with Crippen LogP contribution >= 0.6 is 0 Å².